The molecule has 7 heteroatoms. The molecule has 0 radical (unpaired) electrons. The number of nitrogens with zero attached hydrogens (tertiary/aromatic N) is 1. The van der Waals surface area contributed by atoms with Crippen molar-refractivity contribution in [1.29, 1.82) is 0 Å². The molecule has 1 aliphatic carbocycles. The number of rotatable bonds is 6. The van der Waals surface area contributed by atoms with Gasteiger partial charge in [0, 0.05) is 30.7 Å². The normalized spacial score (nSPS) is 21.8. The molecular weight excluding hydrogens is 331 g/mol. The van der Waals surface area contributed by atoms with Crippen LogP contribution in [0.2, 0.25) is 0 Å². The summed E-state index contributed by atoms with van der Waals surface area (Å²) >= 11 is 0. The average molecular weight is 356 g/mol. The summed E-state index contributed by atoms with van der Waals surface area (Å²) in [6.45, 7) is 1.93. The van der Waals surface area contributed by atoms with E-state index in [-0.39, 0.29) is 11.3 Å². The lowest BCUT2D eigenvalue weighted by Crippen LogP contribution is -2.55. The van der Waals surface area contributed by atoms with Crippen LogP contribution in [-0.2, 0) is 16.6 Å². The standard InChI is InChI=1S/C17H25FN2O3S/c1-24(22,23)19-17(11-13-5-6-13)7-9-20(10-8-17)12-14-3-2-4-15(18)16(14)21/h2-4,13,19,21H,5-12H2,1H3. The van der Waals surface area contributed by atoms with E-state index in [1.807, 2.05) is 0 Å². The Morgan fingerprint density at radius 2 is 2.00 bits per heavy atom. The molecule has 2 N–H and O–H groups in total. The maximum atomic E-state index is 13.4. The van der Waals surface area contributed by atoms with Crippen LogP contribution in [0, 0.1) is 11.7 Å². The molecule has 2 aliphatic rings. The van der Waals surface area contributed by atoms with Crippen LogP contribution in [-0.4, -0.2) is 43.3 Å². The van der Waals surface area contributed by atoms with E-state index in [1.54, 1.807) is 12.1 Å². The molecule has 0 aromatic heterocycles. The van der Waals surface area contributed by atoms with E-state index in [2.05, 4.69) is 9.62 Å². The van der Waals surface area contributed by atoms with Crippen LogP contribution in [0.3, 0.4) is 0 Å². The zero-order valence-corrected chi connectivity index (χ0v) is 14.8. The number of likely N-dealkylation sites (tertiary alicyclic amines) is 1. The minimum absolute atomic E-state index is 0.290. The lowest BCUT2D eigenvalue weighted by atomic mass is 9.83. The summed E-state index contributed by atoms with van der Waals surface area (Å²) in [4.78, 5) is 2.14. The molecular formula is C17H25FN2O3S. The lowest BCUT2D eigenvalue weighted by Gasteiger charge is -2.42. The molecule has 24 heavy (non-hydrogen) atoms. The minimum Gasteiger partial charge on any atom is -0.505 e. The van der Waals surface area contributed by atoms with Crippen molar-refractivity contribution in [3.05, 3.63) is 29.6 Å². The van der Waals surface area contributed by atoms with Crippen LogP contribution in [0.1, 0.15) is 37.7 Å². The molecule has 1 saturated carbocycles. The van der Waals surface area contributed by atoms with E-state index in [0.717, 1.165) is 32.4 Å². The first-order valence-electron chi connectivity index (χ1n) is 8.44. The SMILES string of the molecule is CS(=O)(=O)NC1(CC2CC2)CCN(Cc2cccc(F)c2O)CC1. The number of hydrogen-bond acceptors (Lipinski definition) is 4. The second-order valence-electron chi connectivity index (χ2n) is 7.33. The van der Waals surface area contributed by atoms with Gasteiger partial charge < -0.3 is 5.11 Å². The van der Waals surface area contributed by atoms with Gasteiger partial charge in [0.25, 0.3) is 0 Å². The van der Waals surface area contributed by atoms with Gasteiger partial charge in [-0.05, 0) is 31.2 Å². The summed E-state index contributed by atoms with van der Waals surface area (Å²) in [5.41, 5.74) is 0.218. The smallest absolute Gasteiger partial charge is 0.209 e. The maximum absolute atomic E-state index is 13.4. The molecule has 1 aromatic carbocycles. The predicted octanol–water partition coefficient (Wildman–Crippen LogP) is 2.22. The van der Waals surface area contributed by atoms with E-state index in [9.17, 15) is 17.9 Å². The maximum Gasteiger partial charge on any atom is 0.209 e. The fraction of sp³-hybridized carbons (Fsp3) is 0.647. The van der Waals surface area contributed by atoms with Gasteiger partial charge in [-0.2, -0.15) is 0 Å². The molecule has 1 heterocycles. The Balaban J connectivity index is 1.65. The summed E-state index contributed by atoms with van der Waals surface area (Å²) in [6.07, 6.45) is 5.99. The molecule has 0 spiro atoms. The van der Waals surface area contributed by atoms with Gasteiger partial charge in [-0.1, -0.05) is 25.0 Å². The van der Waals surface area contributed by atoms with Crippen molar-refractivity contribution in [2.75, 3.05) is 19.3 Å². The molecule has 0 unspecified atom stereocenters. The quantitative estimate of drug-likeness (QED) is 0.820. The van der Waals surface area contributed by atoms with Gasteiger partial charge in [-0.25, -0.2) is 17.5 Å². The molecule has 5 nitrogen and oxygen atoms in total. The number of nitrogens with one attached hydrogen (secondary N) is 1. The summed E-state index contributed by atoms with van der Waals surface area (Å²) in [5, 5.41) is 9.82. The van der Waals surface area contributed by atoms with Gasteiger partial charge in [0.1, 0.15) is 0 Å². The minimum atomic E-state index is -3.25. The second kappa shape index (κ2) is 6.61. The van der Waals surface area contributed by atoms with Gasteiger partial charge in [0.05, 0.1) is 6.26 Å². The number of piperidine rings is 1. The molecule has 134 valence electrons. The summed E-state index contributed by atoms with van der Waals surface area (Å²) in [5.74, 6) is -0.258. The molecule has 2 fully saturated rings. The molecule has 0 atom stereocenters. The highest BCUT2D eigenvalue weighted by Crippen LogP contribution is 2.41. The number of sulfonamides is 1. The van der Waals surface area contributed by atoms with E-state index in [1.165, 1.54) is 25.2 Å². The molecule has 1 aromatic rings. The Labute approximate surface area is 142 Å². The van der Waals surface area contributed by atoms with Crippen LogP contribution in [0.25, 0.3) is 0 Å². The molecule has 1 saturated heterocycles. The first-order chi connectivity index (χ1) is 11.3. The Morgan fingerprint density at radius 1 is 1.33 bits per heavy atom. The van der Waals surface area contributed by atoms with Crippen LogP contribution in [0.5, 0.6) is 5.75 Å². The van der Waals surface area contributed by atoms with Crippen LogP contribution < -0.4 is 4.72 Å². The zero-order chi connectivity index (χ0) is 17.4. The number of phenols is 1. The third-order valence-electron chi connectivity index (χ3n) is 5.06. The lowest BCUT2D eigenvalue weighted by molar-refractivity contribution is 0.133. The van der Waals surface area contributed by atoms with Crippen molar-refractivity contribution in [3.8, 4) is 5.75 Å². The van der Waals surface area contributed by atoms with Gasteiger partial charge in [-0.15, -0.1) is 0 Å². The Morgan fingerprint density at radius 3 is 2.58 bits per heavy atom. The number of phenolic OH excluding ortho intramolecular Hbond substituents is 1. The molecule has 0 bridgehead atoms. The first-order valence-corrected chi connectivity index (χ1v) is 10.3. The highest BCUT2D eigenvalue weighted by molar-refractivity contribution is 7.88. The third kappa shape index (κ3) is 4.46. The molecule has 0 amide bonds. The topological polar surface area (TPSA) is 69.6 Å². The molecule has 1 aliphatic heterocycles. The van der Waals surface area contributed by atoms with Crippen LogP contribution >= 0.6 is 0 Å². The van der Waals surface area contributed by atoms with Crippen molar-refractivity contribution in [2.45, 2.75) is 44.2 Å². The predicted molar refractivity (Wildman–Crippen MR) is 90.6 cm³/mol. The van der Waals surface area contributed by atoms with Crippen LogP contribution in [0.15, 0.2) is 18.2 Å². The second-order valence-corrected chi connectivity index (χ2v) is 9.07. The monoisotopic (exact) mass is 356 g/mol. The van der Waals surface area contributed by atoms with Gasteiger partial charge in [0.15, 0.2) is 11.6 Å². The zero-order valence-electron chi connectivity index (χ0n) is 14.0. The Bertz CT molecular complexity index is 696. The largest absolute Gasteiger partial charge is 0.505 e. The number of hydrogen-bond donors (Lipinski definition) is 2. The highest BCUT2D eigenvalue weighted by Gasteiger charge is 2.41. The fourth-order valence-corrected chi connectivity index (χ4v) is 4.76. The Kier molecular flexibility index (Phi) is 4.86. The summed E-state index contributed by atoms with van der Waals surface area (Å²) < 4.78 is 39.9. The number of para-hydroxylation sites is 1. The van der Waals surface area contributed by atoms with Crippen molar-refractivity contribution >= 4 is 10.0 Å². The van der Waals surface area contributed by atoms with E-state index < -0.39 is 15.8 Å². The van der Waals surface area contributed by atoms with E-state index >= 15 is 0 Å². The highest BCUT2D eigenvalue weighted by atomic mass is 32.2. The van der Waals surface area contributed by atoms with Crippen molar-refractivity contribution in [1.82, 2.24) is 9.62 Å². The van der Waals surface area contributed by atoms with Crippen molar-refractivity contribution in [3.63, 3.8) is 0 Å². The van der Waals surface area contributed by atoms with Crippen LogP contribution in [0.4, 0.5) is 4.39 Å². The van der Waals surface area contributed by atoms with Crippen molar-refractivity contribution in [2.24, 2.45) is 5.92 Å². The number of benzene rings is 1. The third-order valence-corrected chi connectivity index (χ3v) is 5.86. The fourth-order valence-electron chi connectivity index (χ4n) is 3.68. The van der Waals surface area contributed by atoms with Gasteiger partial charge in [0.2, 0.25) is 10.0 Å². The van der Waals surface area contributed by atoms with Gasteiger partial charge >= 0.3 is 0 Å². The van der Waals surface area contributed by atoms with E-state index in [0.29, 0.717) is 18.0 Å². The Hall–Kier alpha value is -1.18. The van der Waals surface area contributed by atoms with Gasteiger partial charge in [-0.3, -0.25) is 4.90 Å². The number of aromatic hydroxyl groups is 1. The summed E-state index contributed by atoms with van der Waals surface area (Å²) in [7, 11) is -3.25. The van der Waals surface area contributed by atoms with E-state index in [4.69, 9.17) is 0 Å². The first kappa shape index (κ1) is 17.6. The summed E-state index contributed by atoms with van der Waals surface area (Å²) in [6, 6.07) is 4.56. The van der Waals surface area contributed by atoms with Crippen molar-refractivity contribution < 1.29 is 17.9 Å². The average Bonchev–Trinajstić information content (AvgIpc) is 3.28. The number of halogens is 1. The molecule has 3 rings (SSSR count).